The van der Waals surface area contributed by atoms with Crippen LogP contribution in [0, 0.1) is 5.92 Å². The molecule has 26 heavy (non-hydrogen) atoms. The van der Waals surface area contributed by atoms with Crippen LogP contribution in [0.3, 0.4) is 0 Å². The molecule has 0 aliphatic carbocycles. The van der Waals surface area contributed by atoms with Gasteiger partial charge in [0.2, 0.25) is 0 Å². The number of imide groups is 1. The van der Waals surface area contributed by atoms with Crippen molar-refractivity contribution in [3.63, 3.8) is 0 Å². The van der Waals surface area contributed by atoms with E-state index >= 15 is 0 Å². The van der Waals surface area contributed by atoms with Gasteiger partial charge in [-0.3, -0.25) is 19.3 Å². The molecule has 6 nitrogen and oxygen atoms in total. The molecule has 1 saturated heterocycles. The normalized spacial score (nSPS) is 16.1. The highest BCUT2D eigenvalue weighted by Gasteiger charge is 2.36. The maximum atomic E-state index is 12.4. The van der Waals surface area contributed by atoms with Crippen LogP contribution in [-0.2, 0) is 14.3 Å². The van der Waals surface area contributed by atoms with Gasteiger partial charge >= 0.3 is 5.97 Å². The van der Waals surface area contributed by atoms with Gasteiger partial charge < -0.3 is 9.47 Å². The van der Waals surface area contributed by atoms with E-state index < -0.39 is 17.1 Å². The molecule has 2 rings (SSSR count). The first-order chi connectivity index (χ1) is 12.3. The lowest BCUT2D eigenvalue weighted by atomic mass is 10.2. The minimum atomic E-state index is -0.586. The highest BCUT2D eigenvalue weighted by atomic mass is 32.2. The van der Waals surface area contributed by atoms with Crippen LogP contribution in [0.5, 0.6) is 5.75 Å². The minimum Gasteiger partial charge on any atom is -0.491 e. The van der Waals surface area contributed by atoms with Crippen molar-refractivity contribution in [2.75, 3.05) is 13.2 Å². The second kappa shape index (κ2) is 8.89. The molecular weight excluding hydrogens is 354 g/mol. The van der Waals surface area contributed by atoms with E-state index in [4.69, 9.17) is 9.47 Å². The van der Waals surface area contributed by atoms with Gasteiger partial charge in [0, 0.05) is 0 Å². The second-order valence-electron chi connectivity index (χ2n) is 6.58. The summed E-state index contributed by atoms with van der Waals surface area (Å²) < 4.78 is 10.6. The lowest BCUT2D eigenvalue weighted by Crippen LogP contribution is -2.34. The maximum Gasteiger partial charge on any atom is 0.326 e. The maximum absolute atomic E-state index is 12.4. The average molecular weight is 377 g/mol. The average Bonchev–Trinajstić information content (AvgIpc) is 2.82. The van der Waals surface area contributed by atoms with E-state index in [1.54, 1.807) is 18.2 Å². The number of esters is 1. The Balaban J connectivity index is 2.03. The van der Waals surface area contributed by atoms with E-state index in [-0.39, 0.29) is 30.1 Å². The number of carbonyl (C=O) groups is 3. The largest absolute Gasteiger partial charge is 0.491 e. The van der Waals surface area contributed by atoms with Gasteiger partial charge in [0.1, 0.15) is 12.3 Å². The van der Waals surface area contributed by atoms with Gasteiger partial charge in [0.05, 0.1) is 17.6 Å². The molecule has 2 amide bonds. The molecule has 0 unspecified atom stereocenters. The summed E-state index contributed by atoms with van der Waals surface area (Å²) in [5.41, 5.74) is 0.772. The molecule has 1 aromatic rings. The molecule has 1 fully saturated rings. The van der Waals surface area contributed by atoms with Crippen LogP contribution >= 0.6 is 11.8 Å². The van der Waals surface area contributed by atoms with Crippen LogP contribution in [0.25, 0.3) is 6.08 Å². The summed E-state index contributed by atoms with van der Waals surface area (Å²) in [5.74, 6) is -0.143. The fraction of sp³-hybridized carbons (Fsp3) is 0.421. The number of ether oxygens (including phenoxy) is 2. The Bertz CT molecular complexity index is 709. The third kappa shape index (κ3) is 5.62. The number of thioether (sulfide) groups is 1. The van der Waals surface area contributed by atoms with Gasteiger partial charge in [-0.25, -0.2) is 0 Å². The lowest BCUT2D eigenvalue weighted by molar-refractivity contribution is -0.147. The first-order valence-corrected chi connectivity index (χ1v) is 9.25. The zero-order valence-corrected chi connectivity index (χ0v) is 16.2. The van der Waals surface area contributed by atoms with E-state index in [2.05, 4.69) is 0 Å². The molecule has 0 radical (unpaired) electrons. The van der Waals surface area contributed by atoms with Crippen molar-refractivity contribution in [3.8, 4) is 5.75 Å². The van der Waals surface area contributed by atoms with Gasteiger partial charge in [0.25, 0.3) is 11.1 Å². The van der Waals surface area contributed by atoms with Gasteiger partial charge in [-0.15, -0.1) is 0 Å². The zero-order valence-electron chi connectivity index (χ0n) is 15.4. The third-order valence-electron chi connectivity index (χ3n) is 3.29. The van der Waals surface area contributed by atoms with Crippen LogP contribution < -0.4 is 4.74 Å². The molecule has 1 aliphatic rings. The van der Waals surface area contributed by atoms with E-state index in [0.29, 0.717) is 0 Å². The number of hydrogen-bond donors (Lipinski definition) is 0. The van der Waals surface area contributed by atoms with Gasteiger partial charge in [0.15, 0.2) is 0 Å². The lowest BCUT2D eigenvalue weighted by Gasteiger charge is -2.12. The summed E-state index contributed by atoms with van der Waals surface area (Å²) in [6.45, 7) is 7.60. The number of hydrogen-bond acceptors (Lipinski definition) is 6. The summed E-state index contributed by atoms with van der Waals surface area (Å²) in [6, 6.07) is 7.23. The number of benzene rings is 1. The second-order valence-corrected chi connectivity index (χ2v) is 7.57. The summed E-state index contributed by atoms with van der Waals surface area (Å²) in [5, 5.41) is -0.470. The number of carbonyl (C=O) groups excluding carboxylic acids is 3. The molecule has 1 aromatic carbocycles. The van der Waals surface area contributed by atoms with Crippen molar-refractivity contribution in [1.29, 1.82) is 0 Å². The molecule has 140 valence electrons. The van der Waals surface area contributed by atoms with E-state index in [1.807, 2.05) is 39.8 Å². The van der Waals surface area contributed by atoms with E-state index in [0.717, 1.165) is 28.0 Å². The Morgan fingerprint density at radius 2 is 1.81 bits per heavy atom. The first kappa shape index (κ1) is 20.0. The monoisotopic (exact) mass is 377 g/mol. The first-order valence-electron chi connectivity index (χ1n) is 8.44. The van der Waals surface area contributed by atoms with Crippen LogP contribution in [0.15, 0.2) is 29.2 Å². The molecule has 0 aromatic heterocycles. The Labute approximate surface area is 157 Å². The quantitative estimate of drug-likeness (QED) is 0.533. The fourth-order valence-corrected chi connectivity index (χ4v) is 2.98. The van der Waals surface area contributed by atoms with Crippen molar-refractivity contribution in [2.45, 2.75) is 33.8 Å². The topological polar surface area (TPSA) is 72.9 Å². The van der Waals surface area contributed by atoms with Gasteiger partial charge in [-0.1, -0.05) is 26.0 Å². The summed E-state index contributed by atoms with van der Waals surface area (Å²) in [6.07, 6.45) is 1.71. The molecule has 1 aliphatic heterocycles. The molecule has 0 atom stereocenters. The van der Waals surface area contributed by atoms with Crippen molar-refractivity contribution in [1.82, 2.24) is 4.90 Å². The molecule has 0 bridgehead atoms. The molecule has 0 saturated carbocycles. The van der Waals surface area contributed by atoms with Crippen LogP contribution in [0.2, 0.25) is 0 Å². The molecule has 1 heterocycles. The predicted octanol–water partition coefficient (Wildman–Crippen LogP) is 3.71. The standard InChI is InChI=1S/C19H23NO5S/c1-12(2)11-24-17(21)10-20-18(22)16(26-19(20)23)9-14-5-7-15(8-6-14)25-13(3)4/h5-9,12-13H,10-11H2,1-4H3/b16-9-. The molecule has 7 heteroatoms. The summed E-state index contributed by atoms with van der Waals surface area (Å²) >= 11 is 0.817. The number of rotatable bonds is 7. The smallest absolute Gasteiger partial charge is 0.326 e. The SMILES string of the molecule is CC(C)COC(=O)CN1C(=O)S/C(=C\c2ccc(OC(C)C)cc2)C1=O. The Hall–Kier alpha value is -2.28. The van der Waals surface area contributed by atoms with E-state index in [9.17, 15) is 14.4 Å². The summed E-state index contributed by atoms with van der Waals surface area (Å²) in [4.78, 5) is 37.4. The highest BCUT2D eigenvalue weighted by Crippen LogP contribution is 2.32. The highest BCUT2D eigenvalue weighted by molar-refractivity contribution is 8.18. The van der Waals surface area contributed by atoms with Crippen molar-refractivity contribution >= 4 is 35.0 Å². The van der Waals surface area contributed by atoms with Gasteiger partial charge in [-0.05, 0) is 55.3 Å². The minimum absolute atomic E-state index is 0.0767. The van der Waals surface area contributed by atoms with Crippen LogP contribution in [0.1, 0.15) is 33.3 Å². The fourth-order valence-electron chi connectivity index (χ4n) is 2.14. The number of amides is 2. The Morgan fingerprint density at radius 3 is 2.38 bits per heavy atom. The van der Waals surface area contributed by atoms with Gasteiger partial charge in [-0.2, -0.15) is 0 Å². The Kier molecular flexibility index (Phi) is 6.85. The summed E-state index contributed by atoms with van der Waals surface area (Å²) in [7, 11) is 0. The Morgan fingerprint density at radius 1 is 1.15 bits per heavy atom. The van der Waals surface area contributed by atoms with Crippen molar-refractivity contribution in [2.24, 2.45) is 5.92 Å². The van der Waals surface area contributed by atoms with Crippen molar-refractivity contribution in [3.05, 3.63) is 34.7 Å². The molecule has 0 N–H and O–H groups in total. The predicted molar refractivity (Wildman–Crippen MR) is 101 cm³/mol. The third-order valence-corrected chi connectivity index (χ3v) is 4.20. The molecular formula is C19H23NO5S. The number of nitrogens with zero attached hydrogens (tertiary/aromatic N) is 1. The van der Waals surface area contributed by atoms with Crippen LogP contribution in [0.4, 0.5) is 4.79 Å². The van der Waals surface area contributed by atoms with Crippen LogP contribution in [-0.4, -0.2) is 41.3 Å². The van der Waals surface area contributed by atoms with E-state index in [1.165, 1.54) is 0 Å². The molecule has 0 spiro atoms. The zero-order chi connectivity index (χ0) is 19.3. The van der Waals surface area contributed by atoms with Crippen molar-refractivity contribution < 1.29 is 23.9 Å².